The van der Waals surface area contributed by atoms with E-state index in [-0.39, 0.29) is 17.4 Å². The van der Waals surface area contributed by atoms with Crippen LogP contribution in [0.15, 0.2) is 53.0 Å². The zero-order chi connectivity index (χ0) is 16.4. The summed E-state index contributed by atoms with van der Waals surface area (Å²) < 4.78 is 1.08. The van der Waals surface area contributed by atoms with Crippen molar-refractivity contribution in [1.82, 2.24) is 5.32 Å². The summed E-state index contributed by atoms with van der Waals surface area (Å²) >= 11 is 9.45. The van der Waals surface area contributed by atoms with Gasteiger partial charge in [-0.1, -0.05) is 51.8 Å². The molecule has 0 aromatic heterocycles. The zero-order valence-electron chi connectivity index (χ0n) is 13.0. The number of halogens is 2. The Morgan fingerprint density at radius 3 is 2.57 bits per heavy atom. The number of amides is 1. The Kier molecular flexibility index (Phi) is 4.79. The Hall–Kier alpha value is -1.32. The van der Waals surface area contributed by atoms with E-state index in [1.54, 1.807) is 0 Å². The normalized spacial score (nSPS) is 16.7. The van der Waals surface area contributed by atoms with Crippen molar-refractivity contribution in [3.05, 3.63) is 69.2 Å². The molecule has 0 heterocycles. The molecule has 1 N–H and O–H groups in total. The highest BCUT2D eigenvalue weighted by Crippen LogP contribution is 2.51. The van der Waals surface area contributed by atoms with E-state index in [0.717, 1.165) is 22.9 Å². The Labute approximate surface area is 150 Å². The second-order valence-corrected chi connectivity index (χ2v) is 7.61. The van der Waals surface area contributed by atoms with Gasteiger partial charge in [-0.25, -0.2) is 0 Å². The zero-order valence-corrected chi connectivity index (χ0v) is 15.3. The predicted molar refractivity (Wildman–Crippen MR) is 97.8 cm³/mol. The average Bonchev–Trinajstić information content (AvgIpc) is 3.29. The van der Waals surface area contributed by atoms with Crippen LogP contribution < -0.4 is 5.32 Å². The minimum Gasteiger partial charge on any atom is -0.352 e. The molecule has 1 fully saturated rings. The average molecular weight is 393 g/mol. The smallest absolute Gasteiger partial charge is 0.224 e. The van der Waals surface area contributed by atoms with E-state index in [9.17, 15) is 4.79 Å². The van der Waals surface area contributed by atoms with Gasteiger partial charge in [0.2, 0.25) is 5.91 Å². The van der Waals surface area contributed by atoms with Crippen molar-refractivity contribution < 1.29 is 4.79 Å². The minimum atomic E-state index is 0.0446. The van der Waals surface area contributed by atoms with Crippen molar-refractivity contribution in [3.8, 4) is 0 Å². The van der Waals surface area contributed by atoms with Gasteiger partial charge >= 0.3 is 0 Å². The fourth-order valence-electron chi connectivity index (χ4n) is 3.15. The number of hydrogen-bond acceptors (Lipinski definition) is 1. The highest BCUT2D eigenvalue weighted by molar-refractivity contribution is 9.10. The Bertz CT molecular complexity index is 710. The van der Waals surface area contributed by atoms with Gasteiger partial charge in [0.25, 0.3) is 0 Å². The SMILES string of the molecule is CC(NC(=O)Cc1cccc(Cl)c1)C1(c2ccc(Br)cc2)CC1. The summed E-state index contributed by atoms with van der Waals surface area (Å²) in [5.74, 6) is 0.0446. The third-order valence-electron chi connectivity index (χ3n) is 4.67. The van der Waals surface area contributed by atoms with Crippen LogP contribution in [-0.2, 0) is 16.6 Å². The lowest BCUT2D eigenvalue weighted by Crippen LogP contribution is -2.42. The molecule has 1 amide bonds. The van der Waals surface area contributed by atoms with Gasteiger partial charge in [-0.3, -0.25) is 4.79 Å². The standard InChI is InChI=1S/C19H19BrClNO/c1-13(19(9-10-19)15-5-7-16(20)8-6-15)22-18(23)12-14-3-2-4-17(21)11-14/h2-8,11,13H,9-10,12H2,1H3,(H,22,23). The monoisotopic (exact) mass is 391 g/mol. The summed E-state index contributed by atoms with van der Waals surface area (Å²) in [6.07, 6.45) is 2.60. The topological polar surface area (TPSA) is 29.1 Å². The quantitative estimate of drug-likeness (QED) is 0.772. The Morgan fingerprint density at radius 1 is 1.26 bits per heavy atom. The number of hydrogen-bond donors (Lipinski definition) is 1. The van der Waals surface area contributed by atoms with Crippen LogP contribution in [0.2, 0.25) is 5.02 Å². The molecule has 0 radical (unpaired) electrons. The summed E-state index contributed by atoms with van der Waals surface area (Å²) in [6, 6.07) is 16.0. The molecule has 1 aliphatic rings. The third-order valence-corrected chi connectivity index (χ3v) is 5.43. The lowest BCUT2D eigenvalue weighted by Gasteiger charge is -2.25. The molecule has 23 heavy (non-hydrogen) atoms. The molecule has 0 spiro atoms. The van der Waals surface area contributed by atoms with Gasteiger partial charge in [0.1, 0.15) is 0 Å². The predicted octanol–water partition coefficient (Wildman–Crippen LogP) is 4.88. The van der Waals surface area contributed by atoms with E-state index in [1.807, 2.05) is 24.3 Å². The van der Waals surface area contributed by atoms with Crippen molar-refractivity contribution in [3.63, 3.8) is 0 Å². The number of carbonyl (C=O) groups excluding carboxylic acids is 1. The van der Waals surface area contributed by atoms with E-state index in [0.29, 0.717) is 11.4 Å². The first-order chi connectivity index (χ1) is 11.0. The molecule has 2 nitrogen and oxygen atoms in total. The molecular formula is C19H19BrClNO. The summed E-state index contributed by atoms with van der Waals surface area (Å²) in [4.78, 5) is 12.3. The van der Waals surface area contributed by atoms with E-state index in [1.165, 1.54) is 5.56 Å². The van der Waals surface area contributed by atoms with Crippen molar-refractivity contribution in [2.45, 2.75) is 37.6 Å². The summed E-state index contributed by atoms with van der Waals surface area (Å²) in [6.45, 7) is 2.10. The van der Waals surface area contributed by atoms with Crippen LogP contribution in [0.5, 0.6) is 0 Å². The van der Waals surface area contributed by atoms with E-state index >= 15 is 0 Å². The van der Waals surface area contributed by atoms with E-state index < -0.39 is 0 Å². The van der Waals surface area contributed by atoms with Crippen LogP contribution in [0.1, 0.15) is 30.9 Å². The molecule has 0 saturated heterocycles. The maximum absolute atomic E-state index is 12.3. The van der Waals surface area contributed by atoms with Gasteiger partial charge in [-0.2, -0.15) is 0 Å². The third kappa shape index (κ3) is 3.78. The van der Waals surface area contributed by atoms with Crippen LogP contribution in [0.4, 0.5) is 0 Å². The van der Waals surface area contributed by atoms with E-state index in [2.05, 4.69) is 52.4 Å². The second kappa shape index (κ2) is 6.66. The fourth-order valence-corrected chi connectivity index (χ4v) is 3.63. The van der Waals surface area contributed by atoms with Gasteiger partial charge in [-0.15, -0.1) is 0 Å². The number of rotatable bonds is 5. The highest BCUT2D eigenvalue weighted by atomic mass is 79.9. The molecular weight excluding hydrogens is 374 g/mol. The van der Waals surface area contributed by atoms with Crippen molar-refractivity contribution >= 4 is 33.4 Å². The van der Waals surface area contributed by atoms with Gasteiger partial charge in [0.15, 0.2) is 0 Å². The molecule has 1 unspecified atom stereocenters. The van der Waals surface area contributed by atoms with Crippen LogP contribution >= 0.6 is 27.5 Å². The number of carbonyl (C=O) groups is 1. The Balaban J connectivity index is 1.65. The molecule has 120 valence electrons. The lowest BCUT2D eigenvalue weighted by molar-refractivity contribution is -0.121. The first-order valence-electron chi connectivity index (χ1n) is 7.79. The lowest BCUT2D eigenvalue weighted by atomic mass is 9.89. The van der Waals surface area contributed by atoms with Gasteiger partial charge in [0, 0.05) is 21.0 Å². The first kappa shape index (κ1) is 16.5. The summed E-state index contributed by atoms with van der Waals surface area (Å²) in [7, 11) is 0. The maximum Gasteiger partial charge on any atom is 0.224 e. The van der Waals surface area contributed by atoms with Gasteiger partial charge < -0.3 is 5.32 Å². The first-order valence-corrected chi connectivity index (χ1v) is 8.96. The number of benzene rings is 2. The second-order valence-electron chi connectivity index (χ2n) is 6.26. The van der Waals surface area contributed by atoms with Crippen molar-refractivity contribution in [2.75, 3.05) is 0 Å². The minimum absolute atomic E-state index is 0.0446. The molecule has 1 atom stereocenters. The van der Waals surface area contributed by atoms with Gasteiger partial charge in [-0.05, 0) is 55.2 Å². The summed E-state index contributed by atoms with van der Waals surface area (Å²) in [5, 5.41) is 3.83. The molecule has 0 bridgehead atoms. The summed E-state index contributed by atoms with van der Waals surface area (Å²) in [5.41, 5.74) is 2.33. The van der Waals surface area contributed by atoms with Crippen molar-refractivity contribution in [2.24, 2.45) is 0 Å². The Morgan fingerprint density at radius 2 is 1.96 bits per heavy atom. The van der Waals surface area contributed by atoms with Gasteiger partial charge in [0.05, 0.1) is 6.42 Å². The van der Waals surface area contributed by atoms with Crippen LogP contribution in [0.3, 0.4) is 0 Å². The highest BCUT2D eigenvalue weighted by Gasteiger charge is 2.49. The maximum atomic E-state index is 12.3. The molecule has 4 heteroatoms. The number of nitrogens with one attached hydrogen (secondary N) is 1. The molecule has 1 aliphatic carbocycles. The molecule has 3 rings (SSSR count). The largest absolute Gasteiger partial charge is 0.352 e. The molecule has 2 aromatic rings. The molecule has 0 aliphatic heterocycles. The van der Waals surface area contributed by atoms with Crippen LogP contribution in [0, 0.1) is 0 Å². The van der Waals surface area contributed by atoms with Crippen LogP contribution in [-0.4, -0.2) is 11.9 Å². The van der Waals surface area contributed by atoms with Crippen molar-refractivity contribution in [1.29, 1.82) is 0 Å². The van der Waals surface area contributed by atoms with Crippen LogP contribution in [0.25, 0.3) is 0 Å². The fraction of sp³-hybridized carbons (Fsp3) is 0.316. The van der Waals surface area contributed by atoms with E-state index in [4.69, 9.17) is 11.6 Å². The molecule has 1 saturated carbocycles. The molecule has 2 aromatic carbocycles.